The van der Waals surface area contributed by atoms with Gasteiger partial charge in [0.25, 0.3) is 10.1 Å². The first kappa shape index (κ1) is 41.0. The van der Waals surface area contributed by atoms with Crippen molar-refractivity contribution in [3.63, 3.8) is 0 Å². The maximum absolute atomic E-state index is 12.4. The summed E-state index contributed by atoms with van der Waals surface area (Å²) in [6.07, 6.45) is 22.4. The first-order valence-corrected chi connectivity index (χ1v) is 17.0. The van der Waals surface area contributed by atoms with E-state index < -0.39 is 32.7 Å². The fourth-order valence-corrected chi connectivity index (χ4v) is 6.67. The van der Waals surface area contributed by atoms with Crippen molar-refractivity contribution in [1.82, 2.24) is 0 Å². The summed E-state index contributed by atoms with van der Waals surface area (Å²) in [4.78, 5) is 24.3. The molecule has 7 nitrogen and oxygen atoms in total. The zero-order chi connectivity index (χ0) is 28.7. The predicted octanol–water partition coefficient (Wildman–Crippen LogP) is 5.92. The third kappa shape index (κ3) is 18.1. The van der Waals surface area contributed by atoms with Crippen LogP contribution in [0.4, 0.5) is 0 Å². The van der Waals surface area contributed by atoms with Gasteiger partial charge in [-0.25, -0.2) is 0 Å². The molecule has 228 valence electrons. The van der Waals surface area contributed by atoms with E-state index in [0.717, 1.165) is 51.4 Å². The van der Waals surface area contributed by atoms with Crippen LogP contribution in [-0.4, -0.2) is 39.9 Å². The average molecular weight is 587 g/mol. The maximum Gasteiger partial charge on any atom is 1.00 e. The first-order valence-electron chi connectivity index (χ1n) is 15.6. The van der Waals surface area contributed by atoms with Gasteiger partial charge in [0.1, 0.15) is 0 Å². The molecule has 2 atom stereocenters. The van der Waals surface area contributed by atoms with Crippen molar-refractivity contribution in [2.75, 3.05) is 0 Å². The summed E-state index contributed by atoms with van der Waals surface area (Å²) in [5, 5.41) is 19.7. The molecule has 0 amide bonds. The third-order valence-corrected chi connectivity index (χ3v) is 9.52. The van der Waals surface area contributed by atoms with Crippen molar-refractivity contribution in [3.05, 3.63) is 0 Å². The van der Waals surface area contributed by atoms with Gasteiger partial charge in [0, 0.05) is 0 Å². The fraction of sp³-hybridized carbons (Fsp3) is 0.933. The van der Waals surface area contributed by atoms with Gasteiger partial charge in [-0.15, -0.1) is 0 Å². The summed E-state index contributed by atoms with van der Waals surface area (Å²) >= 11 is 0. The summed E-state index contributed by atoms with van der Waals surface area (Å²) in [5.41, 5.74) is 0. The Kier molecular flexibility index (Phi) is 26.9. The van der Waals surface area contributed by atoms with E-state index >= 15 is 0 Å². The minimum atomic E-state index is -5.13. The van der Waals surface area contributed by atoms with Gasteiger partial charge in [-0.1, -0.05) is 155 Å². The van der Waals surface area contributed by atoms with Gasteiger partial charge in [0.15, 0.2) is 0 Å². The van der Waals surface area contributed by atoms with E-state index in [1.54, 1.807) is 0 Å². The molecule has 2 unspecified atom stereocenters. The van der Waals surface area contributed by atoms with Crippen LogP contribution >= 0.6 is 0 Å². The summed E-state index contributed by atoms with van der Waals surface area (Å²) in [5.74, 6) is -4.90. The smallest absolute Gasteiger partial charge is 1.00 e. The monoisotopic (exact) mass is 586 g/mol. The van der Waals surface area contributed by atoms with Crippen LogP contribution in [-0.2, 0) is 19.7 Å². The van der Waals surface area contributed by atoms with E-state index in [2.05, 4.69) is 13.8 Å². The molecule has 0 saturated heterocycles. The number of carbonyl (C=O) groups is 2. The Morgan fingerprint density at radius 3 is 1.21 bits per heavy atom. The molecule has 0 rings (SSSR count). The largest absolute Gasteiger partial charge is 1.00 e. The van der Waals surface area contributed by atoms with E-state index in [4.69, 9.17) is 0 Å². The Hall–Kier alpha value is -0.150. The van der Waals surface area contributed by atoms with Crippen molar-refractivity contribution in [1.29, 1.82) is 0 Å². The average Bonchev–Trinajstić information content (AvgIpc) is 2.85. The van der Waals surface area contributed by atoms with Gasteiger partial charge in [-0.3, -0.25) is 14.1 Å². The molecule has 0 aliphatic heterocycles. The molecule has 0 radical (unpaired) electrons. The van der Waals surface area contributed by atoms with Crippen LogP contribution in [0, 0.1) is 5.92 Å². The summed E-state index contributed by atoms with van der Waals surface area (Å²) in [6, 6.07) is 0. The van der Waals surface area contributed by atoms with Crippen molar-refractivity contribution in [2.24, 2.45) is 5.92 Å². The van der Waals surface area contributed by atoms with E-state index in [1.165, 1.54) is 70.6 Å². The zero-order valence-electron chi connectivity index (χ0n) is 26.4. The summed E-state index contributed by atoms with van der Waals surface area (Å²) in [7, 11) is -5.13. The number of unbranched alkanes of at least 4 members (excludes halogenated alkanes) is 20. The minimum absolute atomic E-state index is 0. The predicted molar refractivity (Wildman–Crippen MR) is 156 cm³/mol. The number of carboxylic acids is 2. The SMILES string of the molecule is CCCCCCCCCCCCCC(C(=O)O)C(CCCCCCCCCCCCC)(C(=O)O)S(=O)(=O)O.[H-].[Na+]. The van der Waals surface area contributed by atoms with Gasteiger partial charge in [0.2, 0.25) is 4.75 Å². The molecule has 3 N–H and O–H groups in total. The van der Waals surface area contributed by atoms with E-state index in [-0.39, 0.29) is 50.2 Å². The summed E-state index contributed by atoms with van der Waals surface area (Å²) < 4.78 is 32.0. The van der Waals surface area contributed by atoms with Gasteiger partial charge in [0.05, 0.1) is 5.92 Å². The number of carboxylic acid groups (broad SMARTS) is 2. The van der Waals surface area contributed by atoms with E-state index in [0.29, 0.717) is 12.8 Å². The number of hydrogen-bond donors (Lipinski definition) is 3. The molecule has 0 fully saturated rings. The number of rotatable bonds is 28. The zero-order valence-corrected chi connectivity index (χ0v) is 28.2. The molecule has 0 bridgehead atoms. The molecule has 0 aliphatic rings. The second-order valence-corrected chi connectivity index (χ2v) is 12.8. The normalized spacial score (nSPS) is 13.9. The van der Waals surface area contributed by atoms with Crippen LogP contribution in [0.5, 0.6) is 0 Å². The second-order valence-electron chi connectivity index (χ2n) is 11.2. The third-order valence-electron chi connectivity index (χ3n) is 7.93. The Labute approximate surface area is 263 Å². The molecular formula is C30H59NaO7S. The van der Waals surface area contributed by atoms with Gasteiger partial charge >= 0.3 is 41.5 Å². The van der Waals surface area contributed by atoms with Crippen molar-refractivity contribution in [2.45, 2.75) is 173 Å². The molecule has 0 spiro atoms. The van der Waals surface area contributed by atoms with E-state index in [9.17, 15) is 32.8 Å². The van der Waals surface area contributed by atoms with Crippen LogP contribution in [0.3, 0.4) is 0 Å². The van der Waals surface area contributed by atoms with Crippen LogP contribution in [0.15, 0.2) is 0 Å². The molecule has 0 heterocycles. The Bertz CT molecular complexity index is 721. The summed E-state index contributed by atoms with van der Waals surface area (Å²) in [6.45, 7) is 4.39. The van der Waals surface area contributed by atoms with Crippen LogP contribution in [0.25, 0.3) is 0 Å². The van der Waals surface area contributed by atoms with E-state index in [1.807, 2.05) is 0 Å². The van der Waals surface area contributed by atoms with Gasteiger partial charge < -0.3 is 11.6 Å². The van der Waals surface area contributed by atoms with Gasteiger partial charge in [-0.2, -0.15) is 8.42 Å². The Morgan fingerprint density at radius 2 is 0.923 bits per heavy atom. The number of aliphatic carboxylic acids is 2. The van der Waals surface area contributed by atoms with Crippen molar-refractivity contribution >= 4 is 22.1 Å². The van der Waals surface area contributed by atoms with Crippen LogP contribution < -0.4 is 29.6 Å². The van der Waals surface area contributed by atoms with Crippen molar-refractivity contribution in [3.8, 4) is 0 Å². The number of hydrogen-bond acceptors (Lipinski definition) is 4. The minimum Gasteiger partial charge on any atom is -1.00 e. The topological polar surface area (TPSA) is 129 Å². The van der Waals surface area contributed by atoms with Gasteiger partial charge in [-0.05, 0) is 12.8 Å². The molecule has 0 aromatic heterocycles. The van der Waals surface area contributed by atoms with Crippen LogP contribution in [0.2, 0.25) is 0 Å². The quantitative estimate of drug-likeness (QED) is 0.0590. The Morgan fingerprint density at radius 1 is 0.615 bits per heavy atom. The molecule has 9 heteroatoms. The standard InChI is InChI=1S/C30H58O7S.Na.H/c1-3-5-7-9-11-13-15-17-19-21-23-25-27(28(31)32)30(29(33)34,38(35,36)37)26-24-22-20-18-16-14-12-10-8-6-4-2;;/h27H,3-26H2,1-2H3,(H,31,32)(H,33,34)(H,35,36,37);;/q;+1;-1. The maximum atomic E-state index is 12.4. The second kappa shape index (κ2) is 25.6. The molecule has 0 aromatic carbocycles. The Balaban J connectivity index is -0.00000684. The molecule has 39 heavy (non-hydrogen) atoms. The molecule has 0 aromatic rings. The van der Waals surface area contributed by atoms with Crippen LogP contribution in [0.1, 0.15) is 169 Å². The fourth-order valence-electron chi connectivity index (χ4n) is 5.47. The molecule has 0 aliphatic carbocycles. The molecule has 0 saturated carbocycles. The molecular weight excluding hydrogens is 527 g/mol. The first-order chi connectivity index (χ1) is 18.1. The van der Waals surface area contributed by atoms with Crippen molar-refractivity contribution < 1.29 is 63.8 Å².